The Morgan fingerprint density at radius 1 is 1.33 bits per heavy atom. The van der Waals surface area contributed by atoms with Gasteiger partial charge >= 0.3 is 0 Å². The zero-order valence-electron chi connectivity index (χ0n) is 8.63. The molecule has 0 radical (unpaired) electrons. The van der Waals surface area contributed by atoms with Crippen LogP contribution in [0.3, 0.4) is 0 Å². The lowest BCUT2D eigenvalue weighted by molar-refractivity contribution is 0.241. The summed E-state index contributed by atoms with van der Waals surface area (Å²) in [5, 5.41) is 8.88. The molecule has 1 atom stereocenters. The predicted octanol–water partition coefficient (Wildman–Crippen LogP) is 1.56. The first kappa shape index (κ1) is 12.1. The van der Waals surface area contributed by atoms with Gasteiger partial charge in [-0.2, -0.15) is 0 Å². The molecule has 15 heavy (non-hydrogen) atoms. The second-order valence-corrected chi connectivity index (χ2v) is 3.84. The average Bonchev–Trinajstić information content (AvgIpc) is 2.18. The second-order valence-electron chi connectivity index (χ2n) is 3.84. The molecule has 0 aliphatic heterocycles. The van der Waals surface area contributed by atoms with Crippen LogP contribution in [0.1, 0.15) is 18.9 Å². The largest absolute Gasteiger partial charge is 0.396 e. The summed E-state index contributed by atoms with van der Waals surface area (Å²) >= 11 is 0. The normalized spacial score (nSPS) is 15.0. The lowest BCUT2D eigenvalue weighted by atomic mass is 9.79. The van der Waals surface area contributed by atoms with Gasteiger partial charge in [-0.25, -0.2) is 8.78 Å². The van der Waals surface area contributed by atoms with Gasteiger partial charge in [0.15, 0.2) is 0 Å². The standard InChI is InChI=1S/C11H15F2NO/c1-11(7-14,5-6-15)10-8(12)3-2-4-9(10)13/h2-4,15H,5-7,14H2,1H3. The van der Waals surface area contributed by atoms with Crippen molar-refractivity contribution in [1.29, 1.82) is 0 Å². The van der Waals surface area contributed by atoms with Gasteiger partial charge in [0.1, 0.15) is 11.6 Å². The first-order chi connectivity index (χ1) is 7.05. The van der Waals surface area contributed by atoms with Crippen LogP contribution >= 0.6 is 0 Å². The number of hydrogen-bond donors (Lipinski definition) is 2. The highest BCUT2D eigenvalue weighted by atomic mass is 19.1. The molecule has 1 rings (SSSR count). The van der Waals surface area contributed by atoms with Crippen molar-refractivity contribution in [3.63, 3.8) is 0 Å². The highest BCUT2D eigenvalue weighted by molar-refractivity contribution is 5.28. The maximum atomic E-state index is 13.5. The Morgan fingerprint density at radius 2 is 1.87 bits per heavy atom. The summed E-state index contributed by atoms with van der Waals surface area (Å²) < 4.78 is 27.0. The van der Waals surface area contributed by atoms with Gasteiger partial charge in [0.2, 0.25) is 0 Å². The van der Waals surface area contributed by atoms with E-state index in [1.807, 2.05) is 0 Å². The molecule has 0 saturated carbocycles. The van der Waals surface area contributed by atoms with E-state index in [9.17, 15) is 8.78 Å². The van der Waals surface area contributed by atoms with Crippen molar-refractivity contribution in [2.24, 2.45) is 5.73 Å². The van der Waals surface area contributed by atoms with Gasteiger partial charge in [-0.05, 0) is 18.6 Å². The maximum Gasteiger partial charge on any atom is 0.129 e. The summed E-state index contributed by atoms with van der Waals surface area (Å²) in [6.07, 6.45) is 0.237. The van der Waals surface area contributed by atoms with E-state index in [1.54, 1.807) is 6.92 Å². The van der Waals surface area contributed by atoms with E-state index in [0.29, 0.717) is 0 Å². The fourth-order valence-electron chi connectivity index (χ4n) is 1.65. The van der Waals surface area contributed by atoms with E-state index in [1.165, 1.54) is 18.2 Å². The molecule has 0 heterocycles. The van der Waals surface area contributed by atoms with Gasteiger partial charge in [0, 0.05) is 24.1 Å². The summed E-state index contributed by atoms with van der Waals surface area (Å²) in [6, 6.07) is 3.71. The van der Waals surface area contributed by atoms with Crippen molar-refractivity contribution < 1.29 is 13.9 Å². The minimum absolute atomic E-state index is 0.0402. The molecule has 84 valence electrons. The topological polar surface area (TPSA) is 46.2 Å². The Bertz CT molecular complexity index is 323. The molecule has 0 amide bonds. The number of benzene rings is 1. The molecule has 1 aromatic carbocycles. The number of nitrogens with two attached hydrogens (primary N) is 1. The van der Waals surface area contributed by atoms with Gasteiger partial charge in [-0.1, -0.05) is 13.0 Å². The highest BCUT2D eigenvalue weighted by Crippen LogP contribution is 2.30. The Morgan fingerprint density at radius 3 is 2.27 bits per heavy atom. The SMILES string of the molecule is CC(CN)(CCO)c1c(F)cccc1F. The molecule has 3 N–H and O–H groups in total. The van der Waals surface area contributed by atoms with Crippen molar-refractivity contribution >= 4 is 0 Å². The van der Waals surface area contributed by atoms with Crippen LogP contribution in [0.5, 0.6) is 0 Å². The van der Waals surface area contributed by atoms with Crippen molar-refractivity contribution in [3.05, 3.63) is 35.4 Å². The van der Waals surface area contributed by atoms with Gasteiger partial charge < -0.3 is 10.8 Å². The van der Waals surface area contributed by atoms with E-state index in [-0.39, 0.29) is 25.1 Å². The monoisotopic (exact) mass is 215 g/mol. The summed E-state index contributed by atoms with van der Waals surface area (Å²) in [6.45, 7) is 1.58. The van der Waals surface area contributed by atoms with Crippen molar-refractivity contribution in [1.82, 2.24) is 0 Å². The van der Waals surface area contributed by atoms with E-state index in [2.05, 4.69) is 0 Å². The van der Waals surface area contributed by atoms with Crippen molar-refractivity contribution in [2.45, 2.75) is 18.8 Å². The molecular weight excluding hydrogens is 200 g/mol. The average molecular weight is 215 g/mol. The van der Waals surface area contributed by atoms with Gasteiger partial charge in [0.05, 0.1) is 0 Å². The van der Waals surface area contributed by atoms with Crippen LogP contribution in [0.15, 0.2) is 18.2 Å². The quantitative estimate of drug-likeness (QED) is 0.800. The summed E-state index contributed by atoms with van der Waals surface area (Å²) in [7, 11) is 0. The van der Waals surface area contributed by atoms with Crippen molar-refractivity contribution in [3.8, 4) is 0 Å². The zero-order valence-corrected chi connectivity index (χ0v) is 8.63. The fraction of sp³-hybridized carbons (Fsp3) is 0.455. The molecule has 0 aliphatic carbocycles. The number of aliphatic hydroxyl groups is 1. The fourth-order valence-corrected chi connectivity index (χ4v) is 1.65. The summed E-state index contributed by atoms with van der Waals surface area (Å²) in [5.74, 6) is -1.23. The highest BCUT2D eigenvalue weighted by Gasteiger charge is 2.30. The van der Waals surface area contributed by atoms with Crippen molar-refractivity contribution in [2.75, 3.05) is 13.2 Å². The van der Waals surface area contributed by atoms with Gasteiger partial charge in [-0.15, -0.1) is 0 Å². The van der Waals surface area contributed by atoms with Crippen LogP contribution in [-0.4, -0.2) is 18.3 Å². The Hall–Kier alpha value is -1.00. The number of halogens is 2. The van der Waals surface area contributed by atoms with E-state index >= 15 is 0 Å². The molecule has 1 aromatic rings. The van der Waals surface area contributed by atoms with E-state index < -0.39 is 17.0 Å². The smallest absolute Gasteiger partial charge is 0.129 e. The molecule has 0 aromatic heterocycles. The van der Waals surface area contributed by atoms with Gasteiger partial charge in [0.25, 0.3) is 0 Å². The molecule has 2 nitrogen and oxygen atoms in total. The first-order valence-electron chi connectivity index (χ1n) is 4.80. The molecular formula is C11H15F2NO. The van der Waals surface area contributed by atoms with Crippen LogP contribution in [-0.2, 0) is 5.41 Å². The molecule has 0 fully saturated rings. The molecule has 0 saturated heterocycles. The lowest BCUT2D eigenvalue weighted by Gasteiger charge is -2.28. The third-order valence-electron chi connectivity index (χ3n) is 2.68. The molecule has 1 unspecified atom stereocenters. The first-order valence-corrected chi connectivity index (χ1v) is 4.80. The maximum absolute atomic E-state index is 13.5. The summed E-state index contributed by atoms with van der Waals surface area (Å²) in [5.41, 5.74) is 4.62. The second kappa shape index (κ2) is 4.68. The van der Waals surface area contributed by atoms with Crippen LogP contribution < -0.4 is 5.73 Å². The minimum Gasteiger partial charge on any atom is -0.396 e. The number of hydrogen-bond acceptors (Lipinski definition) is 2. The number of aliphatic hydroxyl groups excluding tert-OH is 1. The Kier molecular flexibility index (Phi) is 3.77. The molecule has 0 aliphatic rings. The Labute approximate surface area is 87.7 Å². The van der Waals surface area contributed by atoms with Crippen LogP contribution in [0.4, 0.5) is 8.78 Å². The van der Waals surface area contributed by atoms with E-state index in [4.69, 9.17) is 10.8 Å². The summed E-state index contributed by atoms with van der Waals surface area (Å²) in [4.78, 5) is 0. The third kappa shape index (κ3) is 2.33. The third-order valence-corrected chi connectivity index (χ3v) is 2.68. The zero-order chi connectivity index (χ0) is 11.5. The molecule has 0 bridgehead atoms. The van der Waals surface area contributed by atoms with Gasteiger partial charge in [-0.3, -0.25) is 0 Å². The van der Waals surface area contributed by atoms with E-state index in [0.717, 1.165) is 0 Å². The Balaban J connectivity index is 3.22. The number of rotatable bonds is 4. The van der Waals surface area contributed by atoms with Crippen LogP contribution in [0, 0.1) is 11.6 Å². The van der Waals surface area contributed by atoms with Crippen LogP contribution in [0.25, 0.3) is 0 Å². The predicted molar refractivity (Wildman–Crippen MR) is 54.5 cm³/mol. The molecule has 4 heteroatoms. The molecule has 0 spiro atoms. The minimum atomic E-state index is -0.857. The lowest BCUT2D eigenvalue weighted by Crippen LogP contribution is -2.34. The van der Waals surface area contributed by atoms with Crippen LogP contribution in [0.2, 0.25) is 0 Å².